The lowest BCUT2D eigenvalue weighted by Gasteiger charge is -2.13. The van der Waals surface area contributed by atoms with E-state index in [-0.39, 0.29) is 12.3 Å². The number of sulfonamides is 1. The van der Waals surface area contributed by atoms with Crippen molar-refractivity contribution in [3.63, 3.8) is 0 Å². The van der Waals surface area contributed by atoms with Gasteiger partial charge < -0.3 is 14.8 Å². The van der Waals surface area contributed by atoms with Crippen LogP contribution in [0.25, 0.3) is 0 Å². The zero-order valence-electron chi connectivity index (χ0n) is 13.3. The summed E-state index contributed by atoms with van der Waals surface area (Å²) >= 11 is 0. The van der Waals surface area contributed by atoms with Crippen LogP contribution in [0.1, 0.15) is 0 Å². The lowest BCUT2D eigenvalue weighted by Crippen LogP contribution is -2.21. The summed E-state index contributed by atoms with van der Waals surface area (Å²) in [5.74, 6) is 0.533. The van der Waals surface area contributed by atoms with Crippen molar-refractivity contribution >= 4 is 27.3 Å². The van der Waals surface area contributed by atoms with Gasteiger partial charge in [0.15, 0.2) is 18.1 Å². The van der Waals surface area contributed by atoms with Crippen LogP contribution in [0.4, 0.5) is 11.4 Å². The second kappa shape index (κ2) is 7.69. The molecule has 0 aliphatic heterocycles. The van der Waals surface area contributed by atoms with E-state index in [1.54, 1.807) is 48.5 Å². The van der Waals surface area contributed by atoms with Crippen LogP contribution in [-0.2, 0) is 14.8 Å². The van der Waals surface area contributed by atoms with Crippen molar-refractivity contribution in [1.29, 1.82) is 0 Å². The van der Waals surface area contributed by atoms with Gasteiger partial charge in [-0.05, 0) is 24.3 Å². The first-order chi connectivity index (χ1) is 11.4. The summed E-state index contributed by atoms with van der Waals surface area (Å²) in [4.78, 5) is 12.0. The molecule has 128 valence electrons. The summed E-state index contributed by atoms with van der Waals surface area (Å²) < 4.78 is 35.6. The summed E-state index contributed by atoms with van der Waals surface area (Å²) in [5.41, 5.74) is 0.627. The molecule has 0 atom stereocenters. The lowest BCUT2D eigenvalue weighted by molar-refractivity contribution is -0.118. The zero-order chi connectivity index (χ0) is 17.6. The van der Waals surface area contributed by atoms with E-state index in [9.17, 15) is 13.2 Å². The molecule has 0 aromatic heterocycles. The summed E-state index contributed by atoms with van der Waals surface area (Å²) in [7, 11) is -1.94. The van der Waals surface area contributed by atoms with Gasteiger partial charge in [0.05, 0.1) is 24.7 Å². The molecule has 2 aromatic carbocycles. The van der Waals surface area contributed by atoms with E-state index >= 15 is 0 Å². The van der Waals surface area contributed by atoms with Crippen molar-refractivity contribution in [3.8, 4) is 11.5 Å². The summed E-state index contributed by atoms with van der Waals surface area (Å²) in [6, 6.07) is 13.5. The highest BCUT2D eigenvalue weighted by Gasteiger charge is 2.11. The molecule has 2 aromatic rings. The van der Waals surface area contributed by atoms with Gasteiger partial charge in [-0.25, -0.2) is 8.42 Å². The van der Waals surface area contributed by atoms with Crippen LogP contribution in [0, 0.1) is 0 Å². The number of amides is 1. The molecule has 0 saturated carbocycles. The number of methoxy groups -OCH3 is 1. The number of para-hydroxylation sites is 4. The number of benzene rings is 2. The molecule has 0 heterocycles. The number of carbonyl (C=O) groups is 1. The third-order valence-corrected chi connectivity index (χ3v) is 3.52. The highest BCUT2D eigenvalue weighted by Crippen LogP contribution is 2.26. The van der Waals surface area contributed by atoms with Crippen molar-refractivity contribution in [2.75, 3.05) is 30.0 Å². The maximum atomic E-state index is 12.0. The van der Waals surface area contributed by atoms with Gasteiger partial charge in [-0.2, -0.15) is 0 Å². The Hall–Kier alpha value is -2.74. The minimum absolute atomic E-state index is 0.242. The minimum Gasteiger partial charge on any atom is -0.493 e. The van der Waals surface area contributed by atoms with Crippen LogP contribution in [0.3, 0.4) is 0 Å². The lowest BCUT2D eigenvalue weighted by atomic mass is 10.2. The Morgan fingerprint density at radius 2 is 1.58 bits per heavy atom. The number of hydrogen-bond acceptors (Lipinski definition) is 5. The zero-order valence-corrected chi connectivity index (χ0v) is 14.1. The van der Waals surface area contributed by atoms with Gasteiger partial charge in [-0.3, -0.25) is 9.52 Å². The van der Waals surface area contributed by atoms with E-state index in [2.05, 4.69) is 10.0 Å². The second-order valence-corrected chi connectivity index (χ2v) is 6.66. The Morgan fingerprint density at radius 1 is 1.00 bits per heavy atom. The predicted molar refractivity (Wildman–Crippen MR) is 92.0 cm³/mol. The van der Waals surface area contributed by atoms with Crippen LogP contribution in [-0.4, -0.2) is 34.3 Å². The molecule has 0 aliphatic rings. The Kier molecular flexibility index (Phi) is 5.64. The van der Waals surface area contributed by atoms with E-state index in [0.29, 0.717) is 17.2 Å². The van der Waals surface area contributed by atoms with Gasteiger partial charge in [0.2, 0.25) is 10.0 Å². The average Bonchev–Trinajstić information content (AvgIpc) is 2.53. The molecule has 2 rings (SSSR count). The molecule has 0 bridgehead atoms. The van der Waals surface area contributed by atoms with Gasteiger partial charge in [0.1, 0.15) is 0 Å². The fourth-order valence-electron chi connectivity index (χ4n) is 1.95. The third-order valence-electron chi connectivity index (χ3n) is 2.92. The number of hydrogen-bond donors (Lipinski definition) is 2. The molecule has 0 fully saturated rings. The fraction of sp³-hybridized carbons (Fsp3) is 0.188. The summed E-state index contributed by atoms with van der Waals surface area (Å²) in [5, 5.41) is 2.61. The number of rotatable bonds is 7. The van der Waals surface area contributed by atoms with Gasteiger partial charge >= 0.3 is 0 Å². The predicted octanol–water partition coefficient (Wildman–Crippen LogP) is 2.08. The summed E-state index contributed by atoms with van der Waals surface area (Å²) in [6.07, 6.45) is 1.04. The van der Waals surface area contributed by atoms with Crippen molar-refractivity contribution in [3.05, 3.63) is 48.5 Å². The van der Waals surface area contributed by atoms with E-state index < -0.39 is 15.9 Å². The SMILES string of the molecule is COc1ccccc1OCC(=O)Nc1ccccc1NS(C)(=O)=O. The molecular weight excluding hydrogens is 332 g/mol. The van der Waals surface area contributed by atoms with Crippen LogP contribution in [0.5, 0.6) is 11.5 Å². The maximum absolute atomic E-state index is 12.0. The molecule has 0 radical (unpaired) electrons. The van der Waals surface area contributed by atoms with Crippen LogP contribution < -0.4 is 19.5 Å². The molecule has 0 unspecified atom stereocenters. The highest BCUT2D eigenvalue weighted by atomic mass is 32.2. The molecule has 7 nitrogen and oxygen atoms in total. The first-order valence-corrected chi connectivity index (χ1v) is 8.90. The molecule has 0 saturated heterocycles. The van der Waals surface area contributed by atoms with E-state index in [4.69, 9.17) is 9.47 Å². The van der Waals surface area contributed by atoms with Crippen molar-refractivity contribution in [2.24, 2.45) is 0 Å². The highest BCUT2D eigenvalue weighted by molar-refractivity contribution is 7.92. The quantitative estimate of drug-likeness (QED) is 0.797. The molecular formula is C16H18N2O5S. The number of ether oxygens (including phenoxy) is 2. The fourth-order valence-corrected chi connectivity index (χ4v) is 2.53. The Bertz CT molecular complexity index is 821. The topological polar surface area (TPSA) is 93.7 Å². The standard InChI is InChI=1S/C16H18N2O5S/c1-22-14-9-5-6-10-15(14)23-11-16(19)17-12-7-3-4-8-13(12)18-24(2,20)21/h3-10,18H,11H2,1-2H3,(H,17,19). The van der Waals surface area contributed by atoms with Crippen LogP contribution >= 0.6 is 0 Å². The number of carbonyl (C=O) groups excluding carboxylic acids is 1. The first-order valence-electron chi connectivity index (χ1n) is 7.01. The number of anilines is 2. The maximum Gasteiger partial charge on any atom is 0.262 e. The molecule has 2 N–H and O–H groups in total. The van der Waals surface area contributed by atoms with Crippen molar-refractivity contribution in [1.82, 2.24) is 0 Å². The second-order valence-electron chi connectivity index (χ2n) is 4.91. The van der Waals surface area contributed by atoms with Crippen LogP contribution in [0.2, 0.25) is 0 Å². The first kappa shape index (κ1) is 17.6. The van der Waals surface area contributed by atoms with E-state index in [1.807, 2.05) is 0 Å². The van der Waals surface area contributed by atoms with E-state index in [0.717, 1.165) is 6.26 Å². The van der Waals surface area contributed by atoms with Crippen LogP contribution in [0.15, 0.2) is 48.5 Å². The van der Waals surface area contributed by atoms with Gasteiger partial charge in [0.25, 0.3) is 5.91 Å². The normalized spacial score (nSPS) is 10.8. The molecule has 0 aliphatic carbocycles. The molecule has 0 spiro atoms. The van der Waals surface area contributed by atoms with Crippen molar-refractivity contribution < 1.29 is 22.7 Å². The van der Waals surface area contributed by atoms with E-state index in [1.165, 1.54) is 7.11 Å². The Balaban J connectivity index is 2.03. The Labute approximate surface area is 140 Å². The van der Waals surface area contributed by atoms with Crippen molar-refractivity contribution in [2.45, 2.75) is 0 Å². The minimum atomic E-state index is -3.45. The van der Waals surface area contributed by atoms with Gasteiger partial charge in [-0.1, -0.05) is 24.3 Å². The third kappa shape index (κ3) is 5.17. The molecule has 8 heteroatoms. The largest absolute Gasteiger partial charge is 0.493 e. The Morgan fingerprint density at radius 3 is 2.21 bits per heavy atom. The molecule has 24 heavy (non-hydrogen) atoms. The van der Waals surface area contributed by atoms with Gasteiger partial charge in [-0.15, -0.1) is 0 Å². The summed E-state index contributed by atoms with van der Waals surface area (Å²) in [6.45, 7) is -0.242. The van der Waals surface area contributed by atoms with Gasteiger partial charge in [0, 0.05) is 0 Å². The molecule has 1 amide bonds. The monoisotopic (exact) mass is 350 g/mol. The number of nitrogens with one attached hydrogen (secondary N) is 2. The smallest absolute Gasteiger partial charge is 0.262 e. The average molecular weight is 350 g/mol.